The summed E-state index contributed by atoms with van der Waals surface area (Å²) >= 11 is 0. The van der Waals surface area contributed by atoms with E-state index >= 15 is 0 Å². The van der Waals surface area contributed by atoms with Gasteiger partial charge in [-0.3, -0.25) is 4.90 Å². The van der Waals surface area contributed by atoms with Gasteiger partial charge in [0.05, 0.1) is 18.8 Å². The molecule has 1 fully saturated rings. The third-order valence-corrected chi connectivity index (χ3v) is 3.81. The molecule has 1 aromatic carbocycles. The lowest BCUT2D eigenvalue weighted by molar-refractivity contribution is -0.00223. The first-order valence-electron chi connectivity index (χ1n) is 7.67. The smallest absolute Gasteiger partial charge is 0.136 e. The Morgan fingerprint density at radius 3 is 3.00 bits per heavy atom. The van der Waals surface area contributed by atoms with Gasteiger partial charge in [-0.15, -0.1) is 0 Å². The lowest BCUT2D eigenvalue weighted by atomic mass is 10.1. The predicted molar refractivity (Wildman–Crippen MR) is 82.3 cm³/mol. The van der Waals surface area contributed by atoms with Crippen molar-refractivity contribution in [2.45, 2.75) is 38.8 Å². The van der Waals surface area contributed by atoms with Crippen molar-refractivity contribution < 1.29 is 9.47 Å². The third-order valence-electron chi connectivity index (χ3n) is 3.81. The summed E-state index contributed by atoms with van der Waals surface area (Å²) in [5.74, 6) is 0.643. The van der Waals surface area contributed by atoms with E-state index in [9.17, 15) is 0 Å². The minimum Gasteiger partial charge on any atom is -0.495 e. The van der Waals surface area contributed by atoms with E-state index in [2.05, 4.69) is 17.9 Å². The predicted octanol–water partition coefficient (Wildman–Crippen LogP) is 2.96. The molecule has 4 nitrogen and oxygen atoms in total. The Morgan fingerprint density at radius 2 is 2.29 bits per heavy atom. The summed E-state index contributed by atoms with van der Waals surface area (Å²) in [4.78, 5) is 2.41. The maximum atomic E-state index is 9.16. The molecule has 0 saturated carbocycles. The van der Waals surface area contributed by atoms with E-state index in [1.807, 2.05) is 18.2 Å². The van der Waals surface area contributed by atoms with Gasteiger partial charge in [0.2, 0.25) is 0 Å². The highest BCUT2D eigenvalue weighted by atomic mass is 16.5. The van der Waals surface area contributed by atoms with Crippen molar-refractivity contribution in [3.8, 4) is 11.8 Å². The maximum absolute atomic E-state index is 9.16. The van der Waals surface area contributed by atoms with Crippen LogP contribution in [0.15, 0.2) is 18.2 Å². The van der Waals surface area contributed by atoms with E-state index in [0.29, 0.717) is 17.4 Å². The molecule has 0 aromatic heterocycles. The molecule has 0 spiro atoms. The van der Waals surface area contributed by atoms with E-state index in [1.165, 1.54) is 6.42 Å². The number of hydrogen-bond acceptors (Lipinski definition) is 4. The van der Waals surface area contributed by atoms with Crippen LogP contribution in [-0.2, 0) is 11.3 Å². The zero-order chi connectivity index (χ0) is 15.1. The van der Waals surface area contributed by atoms with E-state index in [4.69, 9.17) is 14.7 Å². The van der Waals surface area contributed by atoms with Gasteiger partial charge in [0.25, 0.3) is 0 Å². The molecule has 0 aliphatic carbocycles. The Morgan fingerprint density at radius 1 is 1.43 bits per heavy atom. The molecule has 21 heavy (non-hydrogen) atoms. The highest BCUT2D eigenvalue weighted by Crippen LogP contribution is 2.21. The number of methoxy groups -OCH3 is 1. The molecule has 1 unspecified atom stereocenters. The van der Waals surface area contributed by atoms with Crippen LogP contribution in [0.5, 0.6) is 5.75 Å². The largest absolute Gasteiger partial charge is 0.495 e. The Bertz CT molecular complexity index is 496. The van der Waals surface area contributed by atoms with Crippen LogP contribution in [0, 0.1) is 11.3 Å². The number of rotatable bonds is 6. The van der Waals surface area contributed by atoms with Crippen LogP contribution < -0.4 is 4.74 Å². The van der Waals surface area contributed by atoms with Crippen molar-refractivity contribution >= 4 is 0 Å². The number of nitrogens with zero attached hydrogens (tertiary/aromatic N) is 2. The zero-order valence-corrected chi connectivity index (χ0v) is 13.0. The van der Waals surface area contributed by atoms with Gasteiger partial charge < -0.3 is 9.47 Å². The van der Waals surface area contributed by atoms with Crippen LogP contribution in [-0.4, -0.2) is 37.8 Å². The highest BCUT2D eigenvalue weighted by Gasteiger charge is 2.20. The van der Waals surface area contributed by atoms with Gasteiger partial charge in [0.1, 0.15) is 11.8 Å². The summed E-state index contributed by atoms with van der Waals surface area (Å²) in [5.41, 5.74) is 1.76. The first kappa shape index (κ1) is 15.8. The molecular formula is C17H24N2O2. The molecule has 0 bridgehead atoms. The SMILES string of the molecule is CCCOC1CCCN(Cc2ccc(OC)c(C#N)c2)C1. The number of nitriles is 1. The molecule has 0 radical (unpaired) electrons. The second-order valence-electron chi connectivity index (χ2n) is 5.52. The van der Waals surface area contributed by atoms with Crippen molar-refractivity contribution in [1.82, 2.24) is 4.90 Å². The fraction of sp³-hybridized carbons (Fsp3) is 0.588. The quantitative estimate of drug-likeness (QED) is 0.807. The van der Waals surface area contributed by atoms with E-state index in [0.717, 1.165) is 44.6 Å². The number of ether oxygens (including phenoxy) is 2. The Balaban J connectivity index is 1.96. The van der Waals surface area contributed by atoms with Gasteiger partial charge >= 0.3 is 0 Å². The second kappa shape index (κ2) is 8.02. The topological polar surface area (TPSA) is 45.5 Å². The molecule has 1 saturated heterocycles. The average Bonchev–Trinajstić information content (AvgIpc) is 2.53. The Kier molecular flexibility index (Phi) is 6.04. The summed E-state index contributed by atoms with van der Waals surface area (Å²) < 4.78 is 11.1. The number of hydrogen-bond donors (Lipinski definition) is 0. The third kappa shape index (κ3) is 4.45. The van der Waals surface area contributed by atoms with Crippen LogP contribution >= 0.6 is 0 Å². The van der Waals surface area contributed by atoms with E-state index in [1.54, 1.807) is 7.11 Å². The molecule has 2 rings (SSSR count). The van der Waals surface area contributed by atoms with Crippen molar-refractivity contribution in [3.05, 3.63) is 29.3 Å². The molecule has 114 valence electrons. The van der Waals surface area contributed by atoms with Crippen molar-refractivity contribution in [2.75, 3.05) is 26.8 Å². The summed E-state index contributed by atoms with van der Waals surface area (Å²) in [6.45, 7) is 5.93. The molecule has 1 heterocycles. The van der Waals surface area contributed by atoms with Crippen LogP contribution in [0.25, 0.3) is 0 Å². The maximum Gasteiger partial charge on any atom is 0.136 e. The van der Waals surface area contributed by atoms with E-state index < -0.39 is 0 Å². The van der Waals surface area contributed by atoms with Crippen LogP contribution in [0.3, 0.4) is 0 Å². The van der Waals surface area contributed by atoms with Gasteiger partial charge in [-0.25, -0.2) is 0 Å². The number of likely N-dealkylation sites (tertiary alicyclic amines) is 1. The Hall–Kier alpha value is -1.57. The van der Waals surface area contributed by atoms with Crippen LogP contribution in [0.4, 0.5) is 0 Å². The van der Waals surface area contributed by atoms with E-state index in [-0.39, 0.29) is 0 Å². The van der Waals surface area contributed by atoms with Gasteiger partial charge in [0.15, 0.2) is 0 Å². The first-order chi connectivity index (χ1) is 10.3. The van der Waals surface area contributed by atoms with Crippen LogP contribution in [0.2, 0.25) is 0 Å². The lowest BCUT2D eigenvalue weighted by Crippen LogP contribution is -2.39. The second-order valence-corrected chi connectivity index (χ2v) is 5.52. The minimum absolute atomic E-state index is 0.354. The molecular weight excluding hydrogens is 264 g/mol. The monoisotopic (exact) mass is 288 g/mol. The Labute approximate surface area is 127 Å². The van der Waals surface area contributed by atoms with Crippen molar-refractivity contribution in [3.63, 3.8) is 0 Å². The molecule has 1 aliphatic rings. The normalized spacial score (nSPS) is 19.2. The molecule has 0 N–H and O–H groups in total. The molecule has 1 aromatic rings. The highest BCUT2D eigenvalue weighted by molar-refractivity contribution is 5.45. The standard InChI is InChI=1S/C17H24N2O2/c1-3-9-21-16-5-4-8-19(13-16)12-14-6-7-17(20-2)15(10-14)11-18/h6-7,10,16H,3-5,8-9,12-13H2,1-2H3. The average molecular weight is 288 g/mol. The number of benzene rings is 1. The van der Waals surface area contributed by atoms with Gasteiger partial charge in [-0.05, 0) is 43.5 Å². The molecule has 1 atom stereocenters. The minimum atomic E-state index is 0.354. The summed E-state index contributed by atoms with van der Waals surface area (Å²) in [6, 6.07) is 8.03. The van der Waals surface area contributed by atoms with Crippen molar-refractivity contribution in [1.29, 1.82) is 5.26 Å². The van der Waals surface area contributed by atoms with Crippen molar-refractivity contribution in [2.24, 2.45) is 0 Å². The van der Waals surface area contributed by atoms with Gasteiger partial charge in [-0.1, -0.05) is 13.0 Å². The lowest BCUT2D eigenvalue weighted by Gasteiger charge is -2.32. The van der Waals surface area contributed by atoms with Gasteiger partial charge in [0, 0.05) is 19.7 Å². The molecule has 1 aliphatic heterocycles. The summed E-state index contributed by atoms with van der Waals surface area (Å²) in [7, 11) is 1.59. The fourth-order valence-electron chi connectivity index (χ4n) is 2.78. The number of piperidine rings is 1. The molecule has 4 heteroatoms. The fourth-order valence-corrected chi connectivity index (χ4v) is 2.78. The zero-order valence-electron chi connectivity index (χ0n) is 13.0. The summed E-state index contributed by atoms with van der Waals surface area (Å²) in [5, 5.41) is 9.16. The summed E-state index contributed by atoms with van der Waals surface area (Å²) in [6.07, 6.45) is 3.76. The first-order valence-corrected chi connectivity index (χ1v) is 7.67. The van der Waals surface area contributed by atoms with Crippen LogP contribution in [0.1, 0.15) is 37.3 Å². The van der Waals surface area contributed by atoms with Gasteiger partial charge in [-0.2, -0.15) is 5.26 Å². The molecule has 0 amide bonds.